The van der Waals surface area contributed by atoms with Crippen molar-refractivity contribution < 1.29 is 72.3 Å². The van der Waals surface area contributed by atoms with Crippen molar-refractivity contribution in [3.63, 3.8) is 0 Å². The second-order valence-corrected chi connectivity index (χ2v) is 18.9. The van der Waals surface area contributed by atoms with E-state index in [1.807, 2.05) is 141 Å². The molecule has 8 rings (SSSR count). The molecule has 0 amide bonds. The molecule has 8 aromatic rings. The predicted molar refractivity (Wildman–Crippen MR) is 297 cm³/mol. The maximum Gasteiger partial charge on any atom is 2.00 e. The summed E-state index contributed by atoms with van der Waals surface area (Å²) in [4.78, 5) is 7.77. The van der Waals surface area contributed by atoms with Crippen LogP contribution in [0.1, 0.15) is 45.3 Å². The summed E-state index contributed by atoms with van der Waals surface area (Å²) >= 11 is 40.7. The Morgan fingerprint density at radius 2 is 0.471 bits per heavy atom. The van der Waals surface area contributed by atoms with Crippen molar-refractivity contribution in [2.24, 2.45) is 0 Å². The zero-order valence-electron chi connectivity index (χ0n) is 38.2. The van der Waals surface area contributed by atoms with E-state index in [1.165, 1.54) is 22.3 Å². The minimum absolute atomic E-state index is 0. The molecular weight excluding hydrogens is 1230 g/mol. The largest absolute Gasteiger partial charge is 2.00 e. The van der Waals surface area contributed by atoms with E-state index in [4.69, 9.17) is 117 Å². The summed E-state index contributed by atoms with van der Waals surface area (Å²) in [6, 6.07) is 55.6. The molecule has 0 atom stereocenters. The topological polar surface area (TPSA) is 65.5 Å². The first-order valence-electron chi connectivity index (χ1n) is 21.1. The van der Waals surface area contributed by atoms with Crippen LogP contribution in [0.4, 0.5) is 0 Å². The number of thiocarbonyl (C=S) groups is 4. The van der Waals surface area contributed by atoms with Crippen LogP contribution < -0.4 is 0 Å². The summed E-state index contributed by atoms with van der Waals surface area (Å²) in [5, 5.41) is 0. The second-order valence-electron chi connectivity index (χ2n) is 14.7. The van der Waals surface area contributed by atoms with Gasteiger partial charge in [0.25, 0.3) is 0 Å². The van der Waals surface area contributed by atoms with Crippen LogP contribution in [0.25, 0.3) is 0 Å². The third-order valence-electron chi connectivity index (χ3n) is 9.61. The summed E-state index contributed by atoms with van der Waals surface area (Å²) in [7, 11) is 0. The molecule has 4 heterocycles. The number of hydrogen-bond donors (Lipinski definition) is 0. The molecule has 70 heavy (non-hydrogen) atoms. The molecule has 8 nitrogen and oxygen atoms in total. The van der Waals surface area contributed by atoms with Gasteiger partial charge in [0, 0.05) is 26.2 Å². The molecule has 0 aliphatic carbocycles. The number of rotatable bonds is 16. The van der Waals surface area contributed by atoms with Gasteiger partial charge in [0.1, 0.15) is 23.0 Å². The van der Waals surface area contributed by atoms with Gasteiger partial charge >= 0.3 is 54.6 Å². The molecule has 0 aliphatic heterocycles. The first-order chi connectivity index (χ1) is 33.0. The average molecular weight is 1270 g/mol. The zero-order valence-corrected chi connectivity index (χ0v) is 52.8. The van der Waals surface area contributed by atoms with E-state index in [0.29, 0.717) is 69.6 Å². The van der Waals surface area contributed by atoms with Gasteiger partial charge in [0.2, 0.25) is 0 Å². The van der Waals surface area contributed by atoms with Crippen molar-refractivity contribution in [2.45, 2.75) is 52.4 Å². The molecule has 0 fully saturated rings. The van der Waals surface area contributed by atoms with Gasteiger partial charge in [-0.05, 0) is 70.8 Å². The van der Waals surface area contributed by atoms with E-state index in [2.05, 4.69) is 48.5 Å². The maximum atomic E-state index is 5.30. The Labute approximate surface area is 495 Å². The smallest absolute Gasteiger partial charge is 0.467 e. The number of nitrogens with zero attached hydrogens (tertiary/aromatic N) is 4. The number of hydrogen-bond acceptors (Lipinski definition) is 12. The maximum absolute atomic E-state index is 5.30. The van der Waals surface area contributed by atoms with Gasteiger partial charge in [0.15, 0.2) is 0 Å². The number of furan rings is 4. The first kappa shape index (κ1) is 60.6. The van der Waals surface area contributed by atoms with Gasteiger partial charge in [-0.25, -0.2) is 0 Å². The molecule has 0 unspecified atom stereocenters. The second kappa shape index (κ2) is 34.6. The number of benzene rings is 4. The molecule has 18 heteroatoms. The fourth-order valence-corrected chi connectivity index (χ4v) is 7.35. The van der Waals surface area contributed by atoms with E-state index < -0.39 is 0 Å². The summed E-state index contributed by atoms with van der Waals surface area (Å²) in [5.41, 5.74) is 4.75. The van der Waals surface area contributed by atoms with E-state index in [0.717, 1.165) is 23.0 Å². The van der Waals surface area contributed by atoms with Crippen molar-refractivity contribution in [1.29, 1.82) is 0 Å². The van der Waals surface area contributed by atoms with Crippen LogP contribution in [0.5, 0.6) is 0 Å². The molecule has 0 N–H and O–H groups in total. The standard InChI is InChI=1S/4C13H13NOS2.2Cd/c4*16-13(17)14(10-12-7-4-8-15-12)9-11-5-2-1-3-6-11;;/h4*1-8H,9-10H2,(H,16,17);;/q;;;;2*+2/p-4. The summed E-state index contributed by atoms with van der Waals surface area (Å²) in [6.07, 6.45) is 6.62. The molecule has 352 valence electrons. The van der Waals surface area contributed by atoms with Crippen molar-refractivity contribution in [3.8, 4) is 0 Å². The zero-order chi connectivity index (χ0) is 48.4. The third kappa shape index (κ3) is 23.7. The Morgan fingerprint density at radius 1 is 0.286 bits per heavy atom. The minimum atomic E-state index is 0. The fourth-order valence-electron chi connectivity index (χ4n) is 6.32. The van der Waals surface area contributed by atoms with E-state index in [9.17, 15) is 0 Å². The Balaban J connectivity index is 0.000000245. The molecule has 0 radical (unpaired) electrons. The predicted octanol–water partition coefficient (Wildman–Crippen LogP) is 12.4. The summed E-state index contributed by atoms with van der Waals surface area (Å²) < 4.78 is 23.1. The van der Waals surface area contributed by atoms with Gasteiger partial charge in [-0.15, -0.1) is 0 Å². The molecule has 0 saturated carbocycles. The average Bonchev–Trinajstić information content (AvgIpc) is 4.22. The molecule has 4 aromatic carbocycles. The van der Waals surface area contributed by atoms with Gasteiger partial charge in [-0.3, -0.25) is 0 Å². The monoisotopic (exact) mass is 1280 g/mol. The van der Waals surface area contributed by atoms with E-state index in [1.54, 1.807) is 25.1 Å². The van der Waals surface area contributed by atoms with Crippen LogP contribution in [0, 0.1) is 0 Å². The van der Waals surface area contributed by atoms with Crippen molar-refractivity contribution in [1.82, 2.24) is 19.6 Å². The molecular formula is C52H48Cd2N4O4S8. The van der Waals surface area contributed by atoms with Crippen molar-refractivity contribution >= 4 is 117 Å². The summed E-state index contributed by atoms with van der Waals surface area (Å²) in [5.74, 6) is 3.47. The first-order valence-corrected chi connectivity index (χ1v) is 24.4. The van der Waals surface area contributed by atoms with Crippen LogP contribution in [0.2, 0.25) is 0 Å². The Kier molecular flexibility index (Phi) is 30.0. The third-order valence-corrected chi connectivity index (χ3v) is 11.7. The quantitative estimate of drug-likeness (QED) is 0.0523. The van der Waals surface area contributed by atoms with E-state index >= 15 is 0 Å². The van der Waals surface area contributed by atoms with Gasteiger partial charge < -0.3 is 137 Å². The molecule has 0 bridgehead atoms. The Bertz CT molecular complexity index is 2250. The SMILES string of the molecule is S=C([S-])N(Cc1ccccc1)Cc1ccco1.S=C([S-])N(Cc1ccccc1)Cc1ccco1.S=C([S-])N(Cc1ccccc1)Cc1ccco1.S=C([S-])N(Cc1ccccc1)Cc1ccco1.[Cd+2].[Cd+2]. The van der Waals surface area contributed by atoms with Crippen LogP contribution in [-0.4, -0.2) is 36.9 Å². The molecule has 0 spiro atoms. The van der Waals surface area contributed by atoms with Gasteiger partial charge in [-0.1, -0.05) is 139 Å². The van der Waals surface area contributed by atoms with E-state index in [-0.39, 0.29) is 54.6 Å². The van der Waals surface area contributed by atoms with Gasteiger partial charge in [0.05, 0.1) is 51.2 Å². The van der Waals surface area contributed by atoms with Crippen LogP contribution in [0.15, 0.2) is 213 Å². The summed E-state index contributed by atoms with van der Waals surface area (Å²) in [6.45, 7) is 5.31. The Hall–Kier alpha value is -3.72. The molecule has 0 aliphatic rings. The van der Waals surface area contributed by atoms with Crippen molar-refractivity contribution in [3.05, 3.63) is 240 Å². The van der Waals surface area contributed by atoms with Crippen LogP contribution in [0.3, 0.4) is 0 Å². The molecule has 4 aromatic heterocycles. The fraction of sp³-hybridized carbons (Fsp3) is 0.154. The van der Waals surface area contributed by atoms with Gasteiger partial charge in [-0.2, -0.15) is 0 Å². The van der Waals surface area contributed by atoms with Crippen LogP contribution in [-0.2, 0) is 157 Å². The normalized spacial score (nSPS) is 9.83. The molecule has 0 saturated heterocycles. The minimum Gasteiger partial charge on any atom is -0.467 e. The van der Waals surface area contributed by atoms with Crippen molar-refractivity contribution in [2.75, 3.05) is 0 Å². The Morgan fingerprint density at radius 3 is 0.614 bits per heavy atom. The van der Waals surface area contributed by atoms with Crippen LogP contribution >= 0.6 is 48.9 Å².